The first-order valence-electron chi connectivity index (χ1n) is 13.6. The van der Waals surface area contributed by atoms with Crippen LogP contribution in [0.5, 0.6) is 5.88 Å². The smallest absolute Gasteiger partial charge is 0.394 e. The maximum atomic E-state index is 13.4. The van der Waals surface area contributed by atoms with Crippen LogP contribution in [0, 0.1) is 5.41 Å². The van der Waals surface area contributed by atoms with Gasteiger partial charge in [-0.15, -0.1) is 5.10 Å². The number of pyridine rings is 2. The number of rotatable bonds is 5. The molecule has 1 saturated heterocycles. The quantitative estimate of drug-likeness (QED) is 0.442. The lowest BCUT2D eigenvalue weighted by molar-refractivity contribution is -0.190. The maximum Gasteiger partial charge on any atom is 0.394 e. The summed E-state index contributed by atoms with van der Waals surface area (Å²) in [4.78, 5) is 24.4. The van der Waals surface area contributed by atoms with Gasteiger partial charge in [-0.05, 0) is 70.2 Å². The normalized spacial score (nSPS) is 22.1. The molecule has 0 radical (unpaired) electrons. The standard InChI is InChI=1S/C27H30F3N7O4S/c1-25(2)10-8-17-16-31-19-4-3-5-22(32-19)42(39,40)35-24(38)18-6-7-20(33-23(18)37(17)25)36-14-9-21(34-36)41-15-13-26(11-12-26)27(28,29)30/h3-7,9,14,17H,8,10-13,15-16H2,1-2H3,(H,31,32)(H,35,38)/t17-/m0/s1. The zero-order valence-corrected chi connectivity index (χ0v) is 23.8. The first-order valence-corrected chi connectivity index (χ1v) is 15.1. The summed E-state index contributed by atoms with van der Waals surface area (Å²) in [6.45, 7) is 4.35. The largest absolute Gasteiger partial charge is 0.477 e. The lowest BCUT2D eigenvalue weighted by atomic mass is 10.0. The van der Waals surface area contributed by atoms with Crippen LogP contribution >= 0.6 is 0 Å². The predicted molar refractivity (Wildman–Crippen MR) is 146 cm³/mol. The average Bonchev–Trinajstić information content (AvgIpc) is 3.48. The highest BCUT2D eigenvalue weighted by molar-refractivity contribution is 7.90. The molecule has 42 heavy (non-hydrogen) atoms. The molecule has 1 atom stereocenters. The van der Waals surface area contributed by atoms with Crippen LogP contribution in [0.15, 0.2) is 47.6 Å². The molecule has 2 N–H and O–H groups in total. The van der Waals surface area contributed by atoms with Crippen LogP contribution in [-0.4, -0.2) is 65.0 Å². The van der Waals surface area contributed by atoms with Gasteiger partial charge < -0.3 is 15.0 Å². The van der Waals surface area contributed by atoms with Crippen LogP contribution in [0.3, 0.4) is 0 Å². The number of hydrogen-bond donors (Lipinski definition) is 2. The fraction of sp³-hybridized carbons (Fsp3) is 0.481. The number of hydrogen-bond acceptors (Lipinski definition) is 9. The van der Waals surface area contributed by atoms with Gasteiger partial charge in [0, 0.05) is 30.4 Å². The van der Waals surface area contributed by atoms with Crippen LogP contribution in [0.1, 0.15) is 56.3 Å². The van der Waals surface area contributed by atoms with Gasteiger partial charge in [-0.25, -0.2) is 19.4 Å². The molecule has 2 fully saturated rings. The Morgan fingerprint density at radius 1 is 1.10 bits per heavy atom. The number of carbonyl (C=O) groups excluding carboxylic acids is 1. The van der Waals surface area contributed by atoms with Gasteiger partial charge >= 0.3 is 6.18 Å². The first kappa shape index (κ1) is 28.2. The number of ether oxygens (including phenoxy) is 1. The van der Waals surface area contributed by atoms with Crippen molar-refractivity contribution in [2.24, 2.45) is 5.41 Å². The lowest BCUT2D eigenvalue weighted by Crippen LogP contribution is -2.47. The number of anilines is 2. The number of nitrogens with one attached hydrogen (secondary N) is 2. The number of amides is 1. The molecule has 15 heteroatoms. The molecule has 1 aliphatic carbocycles. The van der Waals surface area contributed by atoms with Crippen molar-refractivity contribution in [3.63, 3.8) is 0 Å². The number of carbonyl (C=O) groups is 1. The van der Waals surface area contributed by atoms with Crippen LogP contribution in [-0.2, 0) is 10.0 Å². The summed E-state index contributed by atoms with van der Waals surface area (Å²) in [7, 11) is -4.28. The Labute approximate surface area is 240 Å². The molecule has 3 aliphatic rings. The zero-order valence-electron chi connectivity index (χ0n) is 23.0. The molecule has 2 bridgehead atoms. The minimum atomic E-state index is -4.28. The number of nitrogens with zero attached hydrogens (tertiary/aromatic N) is 5. The van der Waals surface area contributed by atoms with Gasteiger partial charge in [-0.3, -0.25) is 4.79 Å². The number of alkyl halides is 3. The van der Waals surface area contributed by atoms with Crippen molar-refractivity contribution in [1.29, 1.82) is 0 Å². The molecule has 224 valence electrons. The zero-order chi connectivity index (χ0) is 29.9. The topological polar surface area (TPSA) is 131 Å². The van der Waals surface area contributed by atoms with Gasteiger partial charge in [0.25, 0.3) is 15.9 Å². The van der Waals surface area contributed by atoms with E-state index in [1.807, 2.05) is 18.7 Å². The van der Waals surface area contributed by atoms with E-state index in [4.69, 9.17) is 9.72 Å². The summed E-state index contributed by atoms with van der Waals surface area (Å²) >= 11 is 0. The third kappa shape index (κ3) is 5.14. The Balaban J connectivity index is 1.32. The third-order valence-electron chi connectivity index (χ3n) is 8.27. The van der Waals surface area contributed by atoms with Crippen molar-refractivity contribution >= 4 is 27.6 Å². The van der Waals surface area contributed by atoms with Crippen LogP contribution < -0.4 is 19.7 Å². The fourth-order valence-corrected chi connectivity index (χ4v) is 6.58. The summed E-state index contributed by atoms with van der Waals surface area (Å²) in [5.74, 6) is 0.259. The van der Waals surface area contributed by atoms with Crippen LogP contribution in [0.4, 0.5) is 24.8 Å². The predicted octanol–water partition coefficient (Wildman–Crippen LogP) is 4.07. The van der Waals surface area contributed by atoms with Crippen LogP contribution in [0.2, 0.25) is 0 Å². The molecule has 2 aliphatic heterocycles. The van der Waals surface area contributed by atoms with Crippen molar-refractivity contribution in [3.8, 4) is 11.7 Å². The lowest BCUT2D eigenvalue weighted by Gasteiger charge is -2.38. The second-order valence-corrected chi connectivity index (χ2v) is 13.2. The maximum absolute atomic E-state index is 13.4. The van der Waals surface area contributed by atoms with Gasteiger partial charge in [0.15, 0.2) is 10.8 Å². The van der Waals surface area contributed by atoms with Gasteiger partial charge in [0.2, 0.25) is 5.88 Å². The number of fused-ring (bicyclic) bond motifs is 5. The molecule has 5 heterocycles. The fourth-order valence-electron chi connectivity index (χ4n) is 5.65. The summed E-state index contributed by atoms with van der Waals surface area (Å²) in [5, 5.41) is 7.26. The SMILES string of the molecule is CC1(C)CC[C@H]2CNc3cccc(n3)S(=O)(=O)NC(=O)c3ccc(-n4ccc(OCCC5(C(F)(F)F)CC5)n4)nc3N21. The molecular weight excluding hydrogens is 575 g/mol. The Kier molecular flexibility index (Phi) is 6.62. The Bertz CT molecular complexity index is 1640. The molecular formula is C27H30F3N7O4S. The molecule has 0 unspecified atom stereocenters. The van der Waals surface area contributed by atoms with E-state index in [0.29, 0.717) is 18.2 Å². The van der Waals surface area contributed by atoms with Crippen molar-refractivity contribution in [2.45, 2.75) is 68.7 Å². The second-order valence-electron chi connectivity index (χ2n) is 11.6. The van der Waals surface area contributed by atoms with Gasteiger partial charge in [-0.1, -0.05) is 6.07 Å². The monoisotopic (exact) mass is 605 g/mol. The van der Waals surface area contributed by atoms with E-state index in [1.165, 1.54) is 28.9 Å². The van der Waals surface area contributed by atoms with Gasteiger partial charge in [0.05, 0.1) is 17.6 Å². The van der Waals surface area contributed by atoms with E-state index < -0.39 is 33.1 Å². The van der Waals surface area contributed by atoms with Crippen molar-refractivity contribution < 1.29 is 31.1 Å². The molecule has 3 aromatic heterocycles. The second kappa shape index (κ2) is 9.85. The molecule has 0 aromatic carbocycles. The molecule has 11 nitrogen and oxygen atoms in total. The van der Waals surface area contributed by atoms with Crippen molar-refractivity contribution in [3.05, 3.63) is 48.2 Å². The van der Waals surface area contributed by atoms with E-state index in [1.54, 1.807) is 18.3 Å². The molecule has 1 amide bonds. The molecule has 1 saturated carbocycles. The van der Waals surface area contributed by atoms with E-state index in [0.717, 1.165) is 12.8 Å². The molecule has 0 spiro atoms. The van der Waals surface area contributed by atoms with E-state index in [-0.39, 0.29) is 54.2 Å². The summed E-state index contributed by atoms with van der Waals surface area (Å²) in [5.41, 5.74) is -2.03. The van der Waals surface area contributed by atoms with Gasteiger partial charge in [0.1, 0.15) is 11.6 Å². The molecule has 6 rings (SSSR count). The van der Waals surface area contributed by atoms with Crippen molar-refractivity contribution in [2.75, 3.05) is 23.4 Å². The summed E-state index contributed by atoms with van der Waals surface area (Å²) < 4.78 is 74.8. The number of sulfonamides is 1. The van der Waals surface area contributed by atoms with Gasteiger partial charge in [-0.2, -0.15) is 21.6 Å². The highest BCUT2D eigenvalue weighted by atomic mass is 32.2. The Morgan fingerprint density at radius 3 is 2.62 bits per heavy atom. The third-order valence-corrected chi connectivity index (χ3v) is 9.50. The summed E-state index contributed by atoms with van der Waals surface area (Å²) in [6.07, 6.45) is -1.05. The highest BCUT2D eigenvalue weighted by Gasteiger charge is 2.62. The molecule has 3 aromatic rings. The highest BCUT2D eigenvalue weighted by Crippen LogP contribution is 2.59. The number of aromatic nitrogens is 4. The van der Waals surface area contributed by atoms with Crippen LogP contribution in [0.25, 0.3) is 5.82 Å². The van der Waals surface area contributed by atoms with E-state index in [2.05, 4.69) is 20.1 Å². The summed E-state index contributed by atoms with van der Waals surface area (Å²) in [6, 6.07) is 8.96. The number of halogens is 3. The van der Waals surface area contributed by atoms with E-state index >= 15 is 0 Å². The first-order chi connectivity index (χ1) is 19.8. The van der Waals surface area contributed by atoms with E-state index in [9.17, 15) is 26.4 Å². The van der Waals surface area contributed by atoms with Crippen molar-refractivity contribution in [1.82, 2.24) is 24.5 Å². The minimum absolute atomic E-state index is 0.0598. The Morgan fingerprint density at radius 2 is 1.88 bits per heavy atom. The minimum Gasteiger partial charge on any atom is -0.477 e. The Hall–Kier alpha value is -3.88. The average molecular weight is 606 g/mol.